The Balaban J connectivity index is 3.27. The Bertz CT molecular complexity index is 392. The lowest BCUT2D eigenvalue weighted by molar-refractivity contribution is 0.320. The van der Waals surface area contributed by atoms with Crippen LogP contribution in [-0.4, -0.2) is 48.5 Å². The van der Waals surface area contributed by atoms with Crippen molar-refractivity contribution >= 4 is 48.5 Å². The third-order valence-corrected chi connectivity index (χ3v) is 42.3. The molecule has 10 heteroatoms. The zero-order chi connectivity index (χ0) is 17.8. The predicted molar refractivity (Wildman–Crippen MR) is 109 cm³/mol. The SMILES string of the molecule is C[Si](C)(C)O[Si]1(C)O[Si](C)(O[Si](C)(C)C)[Si](C)(C)O[Si]1(C)C. The van der Waals surface area contributed by atoms with Crippen LogP contribution >= 0.6 is 0 Å². The first kappa shape index (κ1) is 21.2. The van der Waals surface area contributed by atoms with Crippen molar-refractivity contribution in [3.8, 4) is 0 Å². The highest BCUT2D eigenvalue weighted by Crippen LogP contribution is 2.41. The van der Waals surface area contributed by atoms with Gasteiger partial charge < -0.3 is 16.5 Å². The third kappa shape index (κ3) is 4.61. The summed E-state index contributed by atoms with van der Waals surface area (Å²) in [7, 11) is -12.1. The van der Waals surface area contributed by atoms with Crippen LogP contribution in [0.2, 0.25) is 78.6 Å². The van der Waals surface area contributed by atoms with E-state index in [2.05, 4.69) is 78.6 Å². The van der Waals surface area contributed by atoms with Crippen LogP contribution in [0.4, 0.5) is 0 Å². The molecule has 4 nitrogen and oxygen atoms in total. The molecule has 0 spiro atoms. The lowest BCUT2D eigenvalue weighted by Crippen LogP contribution is -2.84. The molecule has 1 aliphatic rings. The van der Waals surface area contributed by atoms with Gasteiger partial charge in [0.25, 0.3) is 0 Å². The van der Waals surface area contributed by atoms with Gasteiger partial charge in [0, 0.05) is 0 Å². The fourth-order valence-electron chi connectivity index (χ4n) is 2.90. The van der Waals surface area contributed by atoms with Gasteiger partial charge >= 0.3 is 16.2 Å². The van der Waals surface area contributed by atoms with Gasteiger partial charge in [-0.15, -0.1) is 0 Å². The summed E-state index contributed by atoms with van der Waals surface area (Å²) < 4.78 is 27.1. The molecule has 2 atom stereocenters. The molecule has 1 aliphatic heterocycles. The van der Waals surface area contributed by atoms with E-state index in [1.165, 1.54) is 0 Å². The lowest BCUT2D eigenvalue weighted by atomic mass is 11.8. The molecular formula is C12H36O4Si6. The van der Waals surface area contributed by atoms with Crippen LogP contribution in [0.1, 0.15) is 0 Å². The topological polar surface area (TPSA) is 36.9 Å². The van der Waals surface area contributed by atoms with Gasteiger partial charge in [0.1, 0.15) is 0 Å². The Kier molecular flexibility index (Phi) is 5.63. The maximum absolute atomic E-state index is 6.95. The number of rotatable bonds is 4. The van der Waals surface area contributed by atoms with Gasteiger partial charge in [-0.3, -0.25) is 0 Å². The maximum Gasteiger partial charge on any atom is 0.326 e. The highest BCUT2D eigenvalue weighted by Gasteiger charge is 2.69. The lowest BCUT2D eigenvalue weighted by Gasteiger charge is -2.58. The minimum atomic E-state index is -2.35. The van der Waals surface area contributed by atoms with E-state index in [1.54, 1.807) is 0 Å². The average molecular weight is 413 g/mol. The number of hydrogen-bond donors (Lipinski definition) is 0. The van der Waals surface area contributed by atoms with E-state index in [-0.39, 0.29) is 0 Å². The summed E-state index contributed by atoms with van der Waals surface area (Å²) >= 11 is 0. The Morgan fingerprint density at radius 1 is 0.545 bits per heavy atom. The fourth-order valence-corrected chi connectivity index (χ4v) is 54.5. The first-order valence-electron chi connectivity index (χ1n) is 8.13. The third-order valence-electron chi connectivity index (χ3n) is 4.09. The van der Waals surface area contributed by atoms with Crippen molar-refractivity contribution in [3.63, 3.8) is 0 Å². The molecule has 0 aliphatic carbocycles. The minimum Gasteiger partial charge on any atom is -0.453 e. The normalized spacial score (nSPS) is 35.5. The van der Waals surface area contributed by atoms with Crippen molar-refractivity contribution in [1.82, 2.24) is 0 Å². The van der Waals surface area contributed by atoms with Crippen LogP contribution in [0.25, 0.3) is 0 Å². The zero-order valence-corrected chi connectivity index (χ0v) is 22.6. The smallest absolute Gasteiger partial charge is 0.326 e. The summed E-state index contributed by atoms with van der Waals surface area (Å²) in [5.41, 5.74) is 0. The van der Waals surface area contributed by atoms with E-state index in [0.29, 0.717) is 0 Å². The molecule has 1 rings (SSSR count). The maximum atomic E-state index is 6.95. The van der Waals surface area contributed by atoms with Gasteiger partial charge in [-0.1, -0.05) is 0 Å². The van der Waals surface area contributed by atoms with Crippen molar-refractivity contribution < 1.29 is 16.5 Å². The first-order valence-corrected chi connectivity index (χ1v) is 27.4. The Morgan fingerprint density at radius 3 is 1.05 bits per heavy atom. The molecule has 1 heterocycles. The summed E-state index contributed by atoms with van der Waals surface area (Å²) in [5, 5.41) is 0. The molecule has 0 radical (unpaired) electrons. The second-order valence-electron chi connectivity index (χ2n) is 9.55. The van der Waals surface area contributed by atoms with E-state index >= 15 is 0 Å². The highest BCUT2D eigenvalue weighted by atomic mass is 29.4. The number of hydrogen-bond acceptors (Lipinski definition) is 4. The van der Waals surface area contributed by atoms with Crippen LogP contribution in [0.5, 0.6) is 0 Å². The molecule has 0 aromatic carbocycles. The van der Waals surface area contributed by atoms with E-state index in [9.17, 15) is 0 Å². The quantitative estimate of drug-likeness (QED) is 0.639. The van der Waals surface area contributed by atoms with Gasteiger partial charge in [-0.05, 0) is 78.6 Å². The second kappa shape index (κ2) is 5.85. The fraction of sp³-hybridized carbons (Fsp3) is 1.00. The summed E-state index contributed by atoms with van der Waals surface area (Å²) in [6, 6.07) is 0. The largest absolute Gasteiger partial charge is 0.453 e. The summed E-state index contributed by atoms with van der Waals surface area (Å²) in [6.07, 6.45) is 0. The Hall–Kier alpha value is 1.14. The zero-order valence-electron chi connectivity index (χ0n) is 16.6. The summed E-state index contributed by atoms with van der Waals surface area (Å²) in [4.78, 5) is 0. The first-order chi connectivity index (χ1) is 9.33. The summed E-state index contributed by atoms with van der Waals surface area (Å²) in [6.45, 7) is 27.1. The molecule has 22 heavy (non-hydrogen) atoms. The van der Waals surface area contributed by atoms with Gasteiger partial charge in [0.15, 0.2) is 16.6 Å². The Labute approximate surface area is 143 Å². The average Bonchev–Trinajstić information content (AvgIpc) is 2.05. The minimum absolute atomic E-state index is 1.69. The van der Waals surface area contributed by atoms with Crippen molar-refractivity contribution in [1.29, 1.82) is 0 Å². The molecular weight excluding hydrogens is 377 g/mol. The van der Waals surface area contributed by atoms with Crippen LogP contribution < -0.4 is 0 Å². The molecule has 2 unspecified atom stereocenters. The van der Waals surface area contributed by atoms with Gasteiger partial charge in [0.2, 0.25) is 15.7 Å². The Morgan fingerprint density at radius 2 is 0.818 bits per heavy atom. The van der Waals surface area contributed by atoms with E-state index in [4.69, 9.17) is 16.5 Å². The molecule has 0 bridgehead atoms. The van der Waals surface area contributed by atoms with Crippen molar-refractivity contribution in [3.05, 3.63) is 0 Å². The van der Waals surface area contributed by atoms with Crippen LogP contribution in [-0.2, 0) is 16.5 Å². The van der Waals surface area contributed by atoms with Crippen LogP contribution in [0.3, 0.4) is 0 Å². The summed E-state index contributed by atoms with van der Waals surface area (Å²) in [5.74, 6) is 0. The molecule has 0 aromatic rings. The van der Waals surface area contributed by atoms with Crippen molar-refractivity contribution in [2.45, 2.75) is 78.6 Å². The van der Waals surface area contributed by atoms with Crippen molar-refractivity contribution in [2.24, 2.45) is 0 Å². The molecule has 0 N–H and O–H groups in total. The van der Waals surface area contributed by atoms with E-state index in [0.717, 1.165) is 0 Å². The van der Waals surface area contributed by atoms with Crippen LogP contribution in [0, 0.1) is 0 Å². The molecule has 0 saturated carbocycles. The highest BCUT2D eigenvalue weighted by molar-refractivity contribution is 7.48. The predicted octanol–water partition coefficient (Wildman–Crippen LogP) is 4.45. The molecule has 0 aromatic heterocycles. The molecule has 132 valence electrons. The van der Waals surface area contributed by atoms with Gasteiger partial charge in [-0.25, -0.2) is 0 Å². The van der Waals surface area contributed by atoms with Gasteiger partial charge in [0.05, 0.1) is 0 Å². The molecule has 1 saturated heterocycles. The van der Waals surface area contributed by atoms with E-state index in [1.807, 2.05) is 0 Å². The monoisotopic (exact) mass is 412 g/mol. The van der Waals surface area contributed by atoms with Gasteiger partial charge in [-0.2, -0.15) is 0 Å². The standard InChI is InChI=1S/C12H36O4Si6/c1-17(2,3)13-21(11)16-22(12,14-18(4,5)6)20(9,10)15-19(21,7)8/h1-12H3. The molecule has 1 fully saturated rings. The van der Waals surface area contributed by atoms with Crippen LogP contribution in [0.15, 0.2) is 0 Å². The molecule has 0 amide bonds. The van der Waals surface area contributed by atoms with E-state index < -0.39 is 48.5 Å². The second-order valence-corrected chi connectivity index (χ2v) is 43.8. The van der Waals surface area contributed by atoms with Crippen molar-refractivity contribution in [2.75, 3.05) is 0 Å².